The summed E-state index contributed by atoms with van der Waals surface area (Å²) in [6.45, 7) is 1.25. The van der Waals surface area contributed by atoms with Crippen LogP contribution in [0.2, 0.25) is 5.02 Å². The van der Waals surface area contributed by atoms with Crippen LogP contribution in [0, 0.1) is 0 Å². The Labute approximate surface area is 224 Å². The maximum atomic E-state index is 13.0. The maximum Gasteiger partial charge on any atom is 0.296 e. The summed E-state index contributed by atoms with van der Waals surface area (Å²) in [5, 5.41) is 3.15. The van der Waals surface area contributed by atoms with Gasteiger partial charge < -0.3 is 10.2 Å². The molecule has 4 aromatic rings. The van der Waals surface area contributed by atoms with Crippen molar-refractivity contribution in [2.24, 2.45) is 0 Å². The van der Waals surface area contributed by atoms with Crippen LogP contribution in [0.25, 0.3) is 11.5 Å². The molecule has 1 fully saturated rings. The van der Waals surface area contributed by atoms with Gasteiger partial charge in [-0.15, -0.1) is 0 Å². The highest BCUT2D eigenvalue weighted by atomic mass is 35.5. The van der Waals surface area contributed by atoms with Gasteiger partial charge in [0.05, 0.1) is 5.56 Å². The van der Waals surface area contributed by atoms with Crippen LogP contribution in [0.15, 0.2) is 85.3 Å². The molecule has 0 atom stereocenters. The van der Waals surface area contributed by atoms with Crippen LogP contribution in [-0.4, -0.2) is 50.5 Å². The Bertz CT molecular complexity index is 1430. The van der Waals surface area contributed by atoms with E-state index in [0.29, 0.717) is 46.8 Å². The monoisotopic (exact) mass is 525 g/mol. The van der Waals surface area contributed by atoms with Crippen molar-refractivity contribution in [1.29, 1.82) is 0 Å². The predicted molar refractivity (Wildman–Crippen MR) is 144 cm³/mol. The van der Waals surface area contributed by atoms with E-state index in [1.807, 2.05) is 35.2 Å². The number of anilines is 1. The average Bonchev–Trinajstić information content (AvgIpc) is 2.98. The Balaban J connectivity index is 1.14. The number of amides is 2. The number of aromatic nitrogens is 3. The molecule has 190 valence electrons. The first-order valence-corrected chi connectivity index (χ1v) is 12.6. The van der Waals surface area contributed by atoms with Crippen LogP contribution in [0.5, 0.6) is 0 Å². The van der Waals surface area contributed by atoms with Gasteiger partial charge in [0.2, 0.25) is 0 Å². The fourth-order valence-electron chi connectivity index (χ4n) is 4.42. The molecule has 9 heteroatoms. The highest BCUT2D eigenvalue weighted by Crippen LogP contribution is 2.29. The predicted octanol–water partition coefficient (Wildman–Crippen LogP) is 5.03. The Hall–Kier alpha value is -4.43. The molecule has 2 aromatic carbocycles. The molecule has 0 aliphatic carbocycles. The van der Waals surface area contributed by atoms with Crippen LogP contribution < -0.4 is 5.32 Å². The number of halogens is 1. The summed E-state index contributed by atoms with van der Waals surface area (Å²) in [5.74, 6) is -0.639. The van der Waals surface area contributed by atoms with Crippen LogP contribution in [-0.2, 0) is 4.79 Å². The van der Waals surface area contributed by atoms with E-state index in [1.54, 1.807) is 42.9 Å². The third kappa shape index (κ3) is 5.76. The summed E-state index contributed by atoms with van der Waals surface area (Å²) in [6, 6.07) is 19.2. The lowest BCUT2D eigenvalue weighted by Crippen LogP contribution is -2.38. The first-order valence-electron chi connectivity index (χ1n) is 12.2. The minimum atomic E-state index is -0.705. The number of rotatable bonds is 6. The summed E-state index contributed by atoms with van der Waals surface area (Å²) in [7, 11) is 0. The molecule has 1 N–H and O–H groups in total. The first kappa shape index (κ1) is 25.2. The molecule has 38 heavy (non-hydrogen) atoms. The van der Waals surface area contributed by atoms with E-state index in [4.69, 9.17) is 11.6 Å². The fourth-order valence-corrected chi connectivity index (χ4v) is 4.55. The number of likely N-dealkylation sites (tertiary alicyclic amines) is 1. The summed E-state index contributed by atoms with van der Waals surface area (Å²) in [4.78, 5) is 52.3. The number of nitrogens with one attached hydrogen (secondary N) is 1. The van der Waals surface area contributed by atoms with Crippen molar-refractivity contribution >= 4 is 34.9 Å². The summed E-state index contributed by atoms with van der Waals surface area (Å²) >= 11 is 5.84. The number of carbonyl (C=O) groups is 3. The molecule has 0 bridgehead atoms. The average molecular weight is 526 g/mol. The number of pyridine rings is 1. The van der Waals surface area contributed by atoms with E-state index >= 15 is 0 Å². The zero-order valence-electron chi connectivity index (χ0n) is 20.4. The third-order valence-corrected chi connectivity index (χ3v) is 6.78. The molecule has 3 heterocycles. The van der Waals surface area contributed by atoms with Crippen molar-refractivity contribution in [1.82, 2.24) is 19.9 Å². The topological polar surface area (TPSA) is 105 Å². The largest absolute Gasteiger partial charge is 0.339 e. The van der Waals surface area contributed by atoms with Crippen molar-refractivity contribution in [3.8, 4) is 11.5 Å². The van der Waals surface area contributed by atoms with Crippen LogP contribution in [0.3, 0.4) is 0 Å². The van der Waals surface area contributed by atoms with Crippen LogP contribution >= 0.6 is 11.6 Å². The number of hydrogen-bond acceptors (Lipinski definition) is 6. The van der Waals surface area contributed by atoms with Gasteiger partial charge in [-0.25, -0.2) is 9.97 Å². The summed E-state index contributed by atoms with van der Waals surface area (Å²) < 4.78 is 0. The molecule has 1 aliphatic rings. The second kappa shape index (κ2) is 11.3. The number of hydrogen-bond donors (Lipinski definition) is 1. The summed E-state index contributed by atoms with van der Waals surface area (Å²) in [5.41, 5.74) is 3.06. The number of nitrogens with zero attached hydrogens (tertiary/aromatic N) is 4. The van der Waals surface area contributed by atoms with Crippen molar-refractivity contribution in [3.05, 3.63) is 107 Å². The van der Waals surface area contributed by atoms with Gasteiger partial charge >= 0.3 is 0 Å². The van der Waals surface area contributed by atoms with E-state index in [2.05, 4.69) is 20.3 Å². The Morgan fingerprint density at radius 2 is 1.50 bits per heavy atom. The van der Waals surface area contributed by atoms with Gasteiger partial charge in [-0.3, -0.25) is 19.4 Å². The van der Waals surface area contributed by atoms with E-state index in [1.165, 1.54) is 12.1 Å². The van der Waals surface area contributed by atoms with E-state index in [-0.39, 0.29) is 11.5 Å². The van der Waals surface area contributed by atoms with Crippen LogP contribution in [0.4, 0.5) is 5.69 Å². The van der Waals surface area contributed by atoms with Crippen molar-refractivity contribution < 1.29 is 14.4 Å². The number of ketones is 1. The van der Waals surface area contributed by atoms with Crippen molar-refractivity contribution in [2.75, 3.05) is 18.4 Å². The summed E-state index contributed by atoms with van der Waals surface area (Å²) in [6.07, 6.45) is 6.42. The lowest BCUT2D eigenvalue weighted by atomic mass is 9.89. The molecule has 0 saturated carbocycles. The van der Waals surface area contributed by atoms with E-state index in [0.717, 1.165) is 18.4 Å². The number of Topliss-reactive ketones (excluding diaryl/α,β-unsaturated/α-hetero) is 1. The number of benzene rings is 2. The Morgan fingerprint density at radius 1 is 0.816 bits per heavy atom. The highest BCUT2D eigenvalue weighted by molar-refractivity contribution is 6.46. The minimum Gasteiger partial charge on any atom is -0.339 e. The SMILES string of the molecule is O=C(Nc1ccc(C2CCN(C(=O)c3cnc(-c4ccccn4)nc3)CC2)cc1)C(=O)c1ccc(Cl)cc1. The van der Waals surface area contributed by atoms with Gasteiger partial charge in [0.25, 0.3) is 17.6 Å². The molecule has 2 amide bonds. The maximum absolute atomic E-state index is 13.0. The molecule has 2 aromatic heterocycles. The molecule has 1 saturated heterocycles. The minimum absolute atomic E-state index is 0.0839. The normalized spacial score (nSPS) is 13.7. The molecule has 8 nitrogen and oxygen atoms in total. The molecular formula is C29H24ClN5O3. The zero-order valence-corrected chi connectivity index (χ0v) is 21.1. The first-order chi connectivity index (χ1) is 18.5. The van der Waals surface area contributed by atoms with Gasteiger partial charge in [0.1, 0.15) is 5.69 Å². The quantitative estimate of drug-likeness (QED) is 0.279. The Kier molecular flexibility index (Phi) is 7.51. The van der Waals surface area contributed by atoms with E-state index in [9.17, 15) is 14.4 Å². The molecule has 0 spiro atoms. The lowest BCUT2D eigenvalue weighted by Gasteiger charge is -2.32. The van der Waals surface area contributed by atoms with Gasteiger partial charge in [-0.1, -0.05) is 29.8 Å². The smallest absolute Gasteiger partial charge is 0.296 e. The van der Waals surface area contributed by atoms with Gasteiger partial charge in [-0.2, -0.15) is 0 Å². The molecule has 5 rings (SSSR count). The van der Waals surface area contributed by atoms with Gasteiger partial charge in [0, 0.05) is 48.0 Å². The highest BCUT2D eigenvalue weighted by Gasteiger charge is 2.25. The lowest BCUT2D eigenvalue weighted by molar-refractivity contribution is -0.112. The molecule has 0 radical (unpaired) electrons. The van der Waals surface area contributed by atoms with E-state index < -0.39 is 11.7 Å². The molecule has 0 unspecified atom stereocenters. The second-order valence-electron chi connectivity index (χ2n) is 8.99. The Morgan fingerprint density at radius 3 is 2.13 bits per heavy atom. The van der Waals surface area contributed by atoms with Gasteiger partial charge in [0.15, 0.2) is 5.82 Å². The van der Waals surface area contributed by atoms with Crippen molar-refractivity contribution in [2.45, 2.75) is 18.8 Å². The third-order valence-electron chi connectivity index (χ3n) is 6.53. The van der Waals surface area contributed by atoms with Crippen molar-refractivity contribution in [3.63, 3.8) is 0 Å². The fraction of sp³-hybridized carbons (Fsp3) is 0.172. The molecule has 1 aliphatic heterocycles. The standard InChI is InChI=1S/C29H24ClN5O3/c30-23-8-4-21(5-9-23)26(36)28(37)34-24-10-6-19(7-11-24)20-12-15-35(16-13-20)29(38)22-17-32-27(33-18-22)25-3-1-2-14-31-25/h1-11,14,17-18,20H,12-13,15-16H2,(H,34,37). The van der Waals surface area contributed by atoms with Gasteiger partial charge in [-0.05, 0) is 72.9 Å². The number of piperidine rings is 1. The molecular weight excluding hydrogens is 502 g/mol. The zero-order chi connectivity index (χ0) is 26.5. The number of carbonyl (C=O) groups excluding carboxylic acids is 3. The van der Waals surface area contributed by atoms with Crippen LogP contribution in [0.1, 0.15) is 45.0 Å². The second-order valence-corrected chi connectivity index (χ2v) is 9.43.